The van der Waals surface area contributed by atoms with E-state index in [4.69, 9.17) is 26.8 Å². The summed E-state index contributed by atoms with van der Waals surface area (Å²) in [6.45, 7) is 0.882. The van der Waals surface area contributed by atoms with E-state index in [1.54, 1.807) is 7.11 Å². The fourth-order valence-electron chi connectivity index (χ4n) is 2.28. The van der Waals surface area contributed by atoms with Crippen LogP contribution in [0, 0.1) is 10.1 Å². The lowest BCUT2D eigenvalue weighted by Crippen LogP contribution is -2.03. The molecule has 0 aliphatic carbocycles. The molecule has 0 unspecified atom stereocenters. The van der Waals surface area contributed by atoms with Gasteiger partial charge in [0.15, 0.2) is 0 Å². The van der Waals surface area contributed by atoms with Gasteiger partial charge in [-0.15, -0.1) is 0 Å². The van der Waals surface area contributed by atoms with E-state index in [0.717, 1.165) is 24.0 Å². The highest BCUT2D eigenvalue weighted by Gasteiger charge is 2.12. The molecule has 0 aromatic heterocycles. The molecule has 0 amide bonds. The van der Waals surface area contributed by atoms with E-state index >= 15 is 0 Å². The lowest BCUT2D eigenvalue weighted by atomic mass is 10.1. The maximum Gasteiger partial charge on any atom is 0.271 e. The maximum atomic E-state index is 10.7. The molecule has 2 aromatic rings. The molecule has 2 rings (SSSR count). The van der Waals surface area contributed by atoms with Crippen molar-refractivity contribution in [3.63, 3.8) is 0 Å². The van der Waals surface area contributed by atoms with Crippen molar-refractivity contribution in [2.45, 2.75) is 19.4 Å². The first kappa shape index (κ1) is 18.0. The third kappa shape index (κ3) is 4.59. The SMILES string of the molecule is COc1ccc(CCCN)cc1COc1ccc([N+](=O)[O-])cc1Cl. The number of halogens is 1. The average Bonchev–Trinajstić information content (AvgIpc) is 2.58. The Morgan fingerprint density at radius 3 is 2.58 bits per heavy atom. The summed E-state index contributed by atoms with van der Waals surface area (Å²) in [5.41, 5.74) is 7.49. The first-order chi connectivity index (χ1) is 11.5. The summed E-state index contributed by atoms with van der Waals surface area (Å²) in [6.07, 6.45) is 1.78. The molecule has 0 saturated heterocycles. The Kier molecular flexibility index (Phi) is 6.40. The van der Waals surface area contributed by atoms with Crippen molar-refractivity contribution in [1.29, 1.82) is 0 Å². The standard InChI is InChI=1S/C17H19ClN2O4/c1-23-16-6-4-12(3-2-8-19)9-13(16)11-24-17-7-5-14(20(21)22)10-15(17)18/h4-7,9-10H,2-3,8,11,19H2,1H3. The molecule has 7 heteroatoms. The third-order valence-corrected chi connectivity index (χ3v) is 3.82. The number of benzene rings is 2. The zero-order chi connectivity index (χ0) is 17.5. The zero-order valence-corrected chi connectivity index (χ0v) is 14.1. The molecular weight excluding hydrogens is 332 g/mol. The Morgan fingerprint density at radius 1 is 1.21 bits per heavy atom. The number of methoxy groups -OCH3 is 1. The molecule has 2 N–H and O–H groups in total. The minimum atomic E-state index is -0.500. The van der Waals surface area contributed by atoms with E-state index in [1.165, 1.54) is 18.2 Å². The monoisotopic (exact) mass is 350 g/mol. The summed E-state index contributed by atoms with van der Waals surface area (Å²) in [4.78, 5) is 10.2. The number of nitrogens with two attached hydrogens (primary N) is 1. The normalized spacial score (nSPS) is 10.5. The highest BCUT2D eigenvalue weighted by molar-refractivity contribution is 6.32. The van der Waals surface area contributed by atoms with Crippen LogP contribution in [0.5, 0.6) is 11.5 Å². The van der Waals surface area contributed by atoms with Crippen LogP contribution < -0.4 is 15.2 Å². The van der Waals surface area contributed by atoms with Crippen molar-refractivity contribution in [1.82, 2.24) is 0 Å². The van der Waals surface area contributed by atoms with Crippen LogP contribution >= 0.6 is 11.6 Å². The average molecular weight is 351 g/mol. The van der Waals surface area contributed by atoms with Gasteiger partial charge in [-0.1, -0.05) is 17.7 Å². The zero-order valence-electron chi connectivity index (χ0n) is 13.3. The Morgan fingerprint density at radius 2 is 1.96 bits per heavy atom. The number of ether oxygens (including phenoxy) is 2. The van der Waals surface area contributed by atoms with Gasteiger partial charge in [0.25, 0.3) is 5.69 Å². The van der Waals surface area contributed by atoms with Crippen LogP contribution in [-0.4, -0.2) is 18.6 Å². The van der Waals surface area contributed by atoms with Crippen LogP contribution in [0.1, 0.15) is 17.5 Å². The van der Waals surface area contributed by atoms with Gasteiger partial charge in [0.2, 0.25) is 0 Å². The Hall–Kier alpha value is -2.31. The van der Waals surface area contributed by atoms with E-state index in [-0.39, 0.29) is 17.3 Å². The molecule has 128 valence electrons. The molecule has 0 fully saturated rings. The number of aryl methyl sites for hydroxylation is 1. The number of nitro groups is 1. The number of non-ortho nitro benzene ring substituents is 1. The Balaban J connectivity index is 2.14. The smallest absolute Gasteiger partial charge is 0.271 e. The second kappa shape index (κ2) is 8.52. The quantitative estimate of drug-likeness (QED) is 0.579. The lowest BCUT2D eigenvalue weighted by Gasteiger charge is -2.13. The second-order valence-corrected chi connectivity index (χ2v) is 5.61. The molecule has 0 spiro atoms. The van der Waals surface area contributed by atoms with Gasteiger partial charge in [-0.2, -0.15) is 0 Å². The highest BCUT2D eigenvalue weighted by Crippen LogP contribution is 2.30. The van der Waals surface area contributed by atoms with Gasteiger partial charge in [0, 0.05) is 17.7 Å². The van der Waals surface area contributed by atoms with Crippen molar-refractivity contribution >= 4 is 17.3 Å². The van der Waals surface area contributed by atoms with Gasteiger partial charge in [-0.05, 0) is 43.1 Å². The minimum Gasteiger partial charge on any atom is -0.496 e. The van der Waals surface area contributed by atoms with E-state index in [2.05, 4.69) is 0 Å². The Labute approximate surface area is 145 Å². The molecule has 0 atom stereocenters. The molecule has 0 aliphatic rings. The molecule has 0 heterocycles. The largest absolute Gasteiger partial charge is 0.496 e. The molecular formula is C17H19ClN2O4. The van der Waals surface area contributed by atoms with Gasteiger partial charge in [0.1, 0.15) is 18.1 Å². The predicted octanol–water partition coefficient (Wildman–Crippen LogP) is 3.73. The molecule has 24 heavy (non-hydrogen) atoms. The van der Waals surface area contributed by atoms with Crippen LogP contribution in [0.25, 0.3) is 0 Å². The van der Waals surface area contributed by atoms with Gasteiger partial charge in [-0.3, -0.25) is 10.1 Å². The van der Waals surface area contributed by atoms with E-state index in [9.17, 15) is 10.1 Å². The number of hydrogen-bond donors (Lipinski definition) is 1. The van der Waals surface area contributed by atoms with Crippen molar-refractivity contribution < 1.29 is 14.4 Å². The van der Waals surface area contributed by atoms with Crippen LogP contribution in [-0.2, 0) is 13.0 Å². The molecule has 6 nitrogen and oxygen atoms in total. The fraction of sp³-hybridized carbons (Fsp3) is 0.294. The summed E-state index contributed by atoms with van der Waals surface area (Å²) in [5, 5.41) is 10.9. The summed E-state index contributed by atoms with van der Waals surface area (Å²) in [6, 6.07) is 10.0. The number of hydrogen-bond acceptors (Lipinski definition) is 5. The first-order valence-corrected chi connectivity index (χ1v) is 7.85. The molecule has 0 radical (unpaired) electrons. The summed E-state index contributed by atoms with van der Waals surface area (Å²) in [5.74, 6) is 1.10. The molecule has 0 saturated carbocycles. The van der Waals surface area contributed by atoms with Crippen LogP contribution in [0.3, 0.4) is 0 Å². The van der Waals surface area contributed by atoms with E-state index in [1.807, 2.05) is 18.2 Å². The van der Waals surface area contributed by atoms with E-state index in [0.29, 0.717) is 18.0 Å². The van der Waals surface area contributed by atoms with Crippen LogP contribution in [0.15, 0.2) is 36.4 Å². The van der Waals surface area contributed by atoms with Crippen molar-refractivity contribution in [3.8, 4) is 11.5 Å². The summed E-state index contributed by atoms with van der Waals surface area (Å²) in [7, 11) is 1.59. The molecule has 2 aromatic carbocycles. The van der Waals surface area contributed by atoms with Gasteiger partial charge < -0.3 is 15.2 Å². The maximum absolute atomic E-state index is 10.7. The van der Waals surface area contributed by atoms with Gasteiger partial charge >= 0.3 is 0 Å². The Bertz CT molecular complexity index is 722. The number of nitro benzene ring substituents is 1. The van der Waals surface area contributed by atoms with E-state index < -0.39 is 4.92 Å². The first-order valence-electron chi connectivity index (χ1n) is 7.47. The molecule has 0 aliphatic heterocycles. The van der Waals surface area contributed by atoms with Gasteiger partial charge in [-0.25, -0.2) is 0 Å². The van der Waals surface area contributed by atoms with Crippen molar-refractivity contribution in [2.24, 2.45) is 5.73 Å². The lowest BCUT2D eigenvalue weighted by molar-refractivity contribution is -0.384. The van der Waals surface area contributed by atoms with Crippen molar-refractivity contribution in [3.05, 3.63) is 62.7 Å². The second-order valence-electron chi connectivity index (χ2n) is 5.20. The topological polar surface area (TPSA) is 87.6 Å². The van der Waals surface area contributed by atoms with Crippen molar-refractivity contribution in [2.75, 3.05) is 13.7 Å². The minimum absolute atomic E-state index is 0.0753. The third-order valence-electron chi connectivity index (χ3n) is 3.52. The molecule has 0 bridgehead atoms. The highest BCUT2D eigenvalue weighted by atomic mass is 35.5. The van der Waals surface area contributed by atoms with Crippen LogP contribution in [0.4, 0.5) is 5.69 Å². The number of nitrogens with zero attached hydrogens (tertiary/aromatic N) is 1. The summed E-state index contributed by atoms with van der Waals surface area (Å²) < 4.78 is 11.0. The summed E-state index contributed by atoms with van der Waals surface area (Å²) >= 11 is 6.04. The van der Waals surface area contributed by atoms with Gasteiger partial charge in [0.05, 0.1) is 17.1 Å². The van der Waals surface area contributed by atoms with Crippen LogP contribution in [0.2, 0.25) is 5.02 Å². The fourth-order valence-corrected chi connectivity index (χ4v) is 2.51. The predicted molar refractivity (Wildman–Crippen MR) is 92.8 cm³/mol. The number of rotatable bonds is 8.